The first kappa shape index (κ1) is 15.7. The third-order valence-electron chi connectivity index (χ3n) is 3.87. The van der Waals surface area contributed by atoms with Crippen LogP contribution in [-0.2, 0) is 10.0 Å². The zero-order valence-electron chi connectivity index (χ0n) is 11.8. The van der Waals surface area contributed by atoms with Gasteiger partial charge in [-0.3, -0.25) is 10.1 Å². The van der Waals surface area contributed by atoms with Gasteiger partial charge in [-0.25, -0.2) is 13.6 Å². The highest BCUT2D eigenvalue weighted by molar-refractivity contribution is 7.89. The minimum atomic E-state index is -4.02. The van der Waals surface area contributed by atoms with Gasteiger partial charge in [0.2, 0.25) is 10.0 Å². The summed E-state index contributed by atoms with van der Waals surface area (Å²) in [4.78, 5) is 9.88. The van der Waals surface area contributed by atoms with Crippen molar-refractivity contribution in [1.29, 1.82) is 0 Å². The van der Waals surface area contributed by atoms with Crippen molar-refractivity contribution in [2.24, 2.45) is 10.6 Å². The molecule has 0 amide bonds. The number of hydrogen-bond acceptors (Lipinski definition) is 5. The second-order valence-corrected chi connectivity index (χ2v) is 7.12. The van der Waals surface area contributed by atoms with Gasteiger partial charge in [-0.1, -0.05) is 13.3 Å². The van der Waals surface area contributed by atoms with E-state index in [9.17, 15) is 18.5 Å². The predicted molar refractivity (Wildman–Crippen MR) is 79.5 cm³/mol. The number of sulfonamides is 1. The Morgan fingerprint density at radius 1 is 1.43 bits per heavy atom. The van der Waals surface area contributed by atoms with Crippen molar-refractivity contribution >= 4 is 21.4 Å². The van der Waals surface area contributed by atoms with Crippen molar-refractivity contribution in [1.82, 2.24) is 0 Å². The van der Waals surface area contributed by atoms with Crippen LogP contribution in [0.2, 0.25) is 0 Å². The smallest absolute Gasteiger partial charge is 0.270 e. The Bertz CT molecular complexity index is 653. The number of non-ortho nitro benzene ring substituents is 1. The molecule has 1 aliphatic carbocycles. The molecule has 0 bridgehead atoms. The Kier molecular flexibility index (Phi) is 4.20. The molecule has 3 N–H and O–H groups in total. The molecule has 1 fully saturated rings. The molecule has 0 atom stereocenters. The van der Waals surface area contributed by atoms with Crippen LogP contribution in [0.4, 0.5) is 11.4 Å². The van der Waals surface area contributed by atoms with Gasteiger partial charge in [0.05, 0.1) is 10.6 Å². The summed E-state index contributed by atoms with van der Waals surface area (Å²) >= 11 is 0. The lowest BCUT2D eigenvalue weighted by Gasteiger charge is -2.17. The summed E-state index contributed by atoms with van der Waals surface area (Å²) in [6, 6.07) is 3.67. The van der Waals surface area contributed by atoms with E-state index in [0.717, 1.165) is 31.7 Å². The predicted octanol–water partition coefficient (Wildman–Crippen LogP) is 2.23. The van der Waals surface area contributed by atoms with Gasteiger partial charge in [-0.05, 0) is 30.7 Å². The average Bonchev–Trinajstić information content (AvgIpc) is 3.16. The second kappa shape index (κ2) is 5.61. The lowest BCUT2D eigenvalue weighted by atomic mass is 10.0. The maximum atomic E-state index is 11.6. The molecule has 1 saturated carbocycles. The van der Waals surface area contributed by atoms with Gasteiger partial charge in [-0.2, -0.15) is 0 Å². The van der Waals surface area contributed by atoms with E-state index in [1.54, 1.807) is 0 Å². The lowest BCUT2D eigenvalue weighted by Crippen LogP contribution is -2.19. The Hall–Kier alpha value is -1.67. The fourth-order valence-electron chi connectivity index (χ4n) is 2.51. The Morgan fingerprint density at radius 2 is 2.10 bits per heavy atom. The summed E-state index contributed by atoms with van der Waals surface area (Å²) in [6.07, 6.45) is 4.39. The van der Waals surface area contributed by atoms with E-state index < -0.39 is 14.9 Å². The molecule has 21 heavy (non-hydrogen) atoms. The Labute approximate surface area is 123 Å². The molecule has 0 radical (unpaired) electrons. The van der Waals surface area contributed by atoms with Crippen molar-refractivity contribution in [3.05, 3.63) is 28.3 Å². The summed E-state index contributed by atoms with van der Waals surface area (Å²) in [7, 11) is -4.02. The molecule has 116 valence electrons. The highest BCUT2D eigenvalue weighted by Crippen LogP contribution is 2.49. The third kappa shape index (κ3) is 3.70. The number of nitrogens with one attached hydrogen (secondary N) is 1. The minimum Gasteiger partial charge on any atom is -0.383 e. The fraction of sp³-hybridized carbons (Fsp3) is 0.538. The molecule has 1 aromatic rings. The van der Waals surface area contributed by atoms with Gasteiger partial charge < -0.3 is 5.32 Å². The van der Waals surface area contributed by atoms with E-state index in [-0.39, 0.29) is 16.0 Å². The normalized spacial score (nSPS) is 16.5. The van der Waals surface area contributed by atoms with Crippen LogP contribution in [0, 0.1) is 15.5 Å². The van der Waals surface area contributed by atoms with Crippen molar-refractivity contribution in [2.45, 2.75) is 37.5 Å². The van der Waals surface area contributed by atoms with Crippen molar-refractivity contribution in [3.8, 4) is 0 Å². The molecule has 0 heterocycles. The average molecular weight is 313 g/mol. The molecule has 0 aliphatic heterocycles. The zero-order valence-corrected chi connectivity index (χ0v) is 12.6. The van der Waals surface area contributed by atoms with Crippen LogP contribution < -0.4 is 10.5 Å². The number of benzene rings is 1. The molecule has 1 aromatic carbocycles. The van der Waals surface area contributed by atoms with Crippen LogP contribution in [0.3, 0.4) is 0 Å². The van der Waals surface area contributed by atoms with Gasteiger partial charge >= 0.3 is 0 Å². The molecule has 0 aromatic heterocycles. The standard InChI is InChI=1S/C13H19N3O4S/c1-2-5-13(6-7-13)9-15-11-4-3-10(16(17)18)8-12(11)21(14,19)20/h3-4,8,15H,2,5-7,9H2,1H3,(H2,14,19,20). The van der Waals surface area contributed by atoms with E-state index in [4.69, 9.17) is 5.14 Å². The number of nitro benzene ring substituents is 1. The quantitative estimate of drug-likeness (QED) is 0.591. The molecular weight excluding hydrogens is 294 g/mol. The van der Waals surface area contributed by atoms with E-state index >= 15 is 0 Å². The monoisotopic (exact) mass is 313 g/mol. The van der Waals surface area contributed by atoms with E-state index in [1.807, 2.05) is 0 Å². The molecular formula is C13H19N3O4S. The molecule has 0 saturated heterocycles. The number of anilines is 1. The first-order chi connectivity index (χ1) is 9.77. The Morgan fingerprint density at radius 3 is 2.57 bits per heavy atom. The number of nitrogens with zero attached hydrogens (tertiary/aromatic N) is 1. The van der Waals surface area contributed by atoms with Crippen molar-refractivity contribution < 1.29 is 13.3 Å². The topological polar surface area (TPSA) is 115 Å². The maximum Gasteiger partial charge on any atom is 0.270 e. The molecule has 0 spiro atoms. The SMILES string of the molecule is CCCC1(CNc2ccc([N+](=O)[O-])cc2S(N)(=O)=O)CC1. The molecule has 7 nitrogen and oxygen atoms in total. The number of primary sulfonamides is 1. The summed E-state index contributed by atoms with van der Waals surface area (Å²) in [5, 5.41) is 19.0. The van der Waals surface area contributed by atoms with Crippen LogP contribution in [-0.4, -0.2) is 19.9 Å². The lowest BCUT2D eigenvalue weighted by molar-refractivity contribution is -0.385. The summed E-state index contributed by atoms with van der Waals surface area (Å²) in [5.74, 6) is 0. The van der Waals surface area contributed by atoms with Gasteiger partial charge in [0.1, 0.15) is 4.90 Å². The van der Waals surface area contributed by atoms with Crippen LogP contribution in [0.25, 0.3) is 0 Å². The van der Waals surface area contributed by atoms with E-state index in [2.05, 4.69) is 12.2 Å². The Balaban J connectivity index is 2.25. The third-order valence-corrected chi connectivity index (χ3v) is 4.82. The first-order valence-electron chi connectivity index (χ1n) is 6.82. The molecule has 1 aliphatic rings. The second-order valence-electron chi connectivity index (χ2n) is 5.59. The van der Waals surface area contributed by atoms with E-state index in [1.165, 1.54) is 12.1 Å². The number of rotatable bonds is 7. The number of nitrogens with two attached hydrogens (primary N) is 1. The van der Waals surface area contributed by atoms with Gasteiger partial charge in [0.25, 0.3) is 5.69 Å². The van der Waals surface area contributed by atoms with Gasteiger partial charge in [-0.15, -0.1) is 0 Å². The van der Waals surface area contributed by atoms with Crippen LogP contribution in [0.15, 0.2) is 23.1 Å². The minimum absolute atomic E-state index is 0.228. The number of hydrogen-bond donors (Lipinski definition) is 2. The van der Waals surface area contributed by atoms with Crippen LogP contribution >= 0.6 is 0 Å². The van der Waals surface area contributed by atoms with Gasteiger partial charge in [0, 0.05) is 18.7 Å². The van der Waals surface area contributed by atoms with Crippen molar-refractivity contribution in [2.75, 3.05) is 11.9 Å². The fourth-order valence-corrected chi connectivity index (χ4v) is 3.24. The molecule has 2 rings (SSSR count). The number of nitro groups is 1. The summed E-state index contributed by atoms with van der Waals surface area (Å²) in [5.41, 5.74) is 0.261. The van der Waals surface area contributed by atoms with Gasteiger partial charge in [0.15, 0.2) is 0 Å². The van der Waals surface area contributed by atoms with Crippen molar-refractivity contribution in [3.63, 3.8) is 0 Å². The van der Waals surface area contributed by atoms with Crippen LogP contribution in [0.1, 0.15) is 32.6 Å². The summed E-state index contributed by atoms with van der Waals surface area (Å²) < 4.78 is 23.2. The van der Waals surface area contributed by atoms with Crippen LogP contribution in [0.5, 0.6) is 0 Å². The first-order valence-corrected chi connectivity index (χ1v) is 8.37. The zero-order chi connectivity index (χ0) is 15.7. The molecule has 8 heteroatoms. The largest absolute Gasteiger partial charge is 0.383 e. The molecule has 0 unspecified atom stereocenters. The highest BCUT2D eigenvalue weighted by atomic mass is 32.2. The maximum absolute atomic E-state index is 11.6. The highest BCUT2D eigenvalue weighted by Gasteiger charge is 2.41. The summed E-state index contributed by atoms with van der Waals surface area (Å²) in [6.45, 7) is 2.77. The van der Waals surface area contributed by atoms with E-state index in [0.29, 0.717) is 12.2 Å².